The second-order valence-electron chi connectivity index (χ2n) is 8.57. The van der Waals surface area contributed by atoms with E-state index in [-0.39, 0.29) is 40.6 Å². The summed E-state index contributed by atoms with van der Waals surface area (Å²) in [5.41, 5.74) is 8.81. The molecule has 2 aromatic heterocycles. The number of amidine groups is 1. The summed E-state index contributed by atoms with van der Waals surface area (Å²) in [4.78, 5) is 47.1. The smallest absolute Gasteiger partial charge is 0.362 e. The Hall–Kier alpha value is -4.21. The molecule has 0 bridgehead atoms. The minimum atomic E-state index is -5.01. The number of β-lactam (4-membered cyclic amide) rings is 1. The van der Waals surface area contributed by atoms with Crippen molar-refractivity contribution in [2.45, 2.75) is 44.6 Å². The minimum Gasteiger partial charge on any atom is -0.478 e. The average molecular weight is 588 g/mol. The van der Waals surface area contributed by atoms with E-state index in [0.29, 0.717) is 5.69 Å². The Bertz CT molecular complexity index is 1420. The van der Waals surface area contributed by atoms with Crippen molar-refractivity contribution in [2.75, 3.05) is 12.3 Å². The van der Waals surface area contributed by atoms with Crippen molar-refractivity contribution in [3.8, 4) is 0 Å². The third-order valence-electron chi connectivity index (χ3n) is 5.12. The van der Waals surface area contributed by atoms with Crippen molar-refractivity contribution in [1.29, 1.82) is 5.41 Å². The molecule has 1 fully saturated rings. The van der Waals surface area contributed by atoms with Crippen LogP contribution in [0.2, 0.25) is 0 Å². The maximum Gasteiger partial charge on any atom is 0.362 e. The Morgan fingerprint density at radius 3 is 2.64 bits per heavy atom. The summed E-state index contributed by atoms with van der Waals surface area (Å²) >= 11 is 0.947. The van der Waals surface area contributed by atoms with Crippen LogP contribution in [0, 0.1) is 5.41 Å². The number of carboxylic acids is 1. The van der Waals surface area contributed by atoms with Gasteiger partial charge in [0, 0.05) is 11.9 Å². The number of carboxylic acid groups (broad SMARTS) is 1. The van der Waals surface area contributed by atoms with E-state index in [1.54, 1.807) is 0 Å². The molecular weight excluding hydrogens is 562 g/mol. The number of carbonyl (C=O) groups excluding carboxylic acids is 2. The topological polar surface area (TPSA) is 294 Å². The summed E-state index contributed by atoms with van der Waals surface area (Å²) in [5.74, 6) is -3.71. The molecule has 9 N–H and O–H groups in total. The number of oxime groups is 1. The van der Waals surface area contributed by atoms with E-state index >= 15 is 0 Å². The van der Waals surface area contributed by atoms with Gasteiger partial charge in [-0.3, -0.25) is 19.6 Å². The van der Waals surface area contributed by atoms with Gasteiger partial charge in [0.25, 0.3) is 11.8 Å². The lowest BCUT2D eigenvalue weighted by Crippen LogP contribution is -2.73. The summed E-state index contributed by atoms with van der Waals surface area (Å²) in [6.07, 6.45) is 1.35. The molecular formula is C18H25N11O8S2. The number of hydrogen-bond donors (Lipinski definition) is 7. The largest absolute Gasteiger partial charge is 0.478 e. The van der Waals surface area contributed by atoms with Gasteiger partial charge >= 0.3 is 16.3 Å². The highest BCUT2D eigenvalue weighted by molar-refractivity contribution is 7.84. The molecule has 19 nitrogen and oxygen atoms in total. The van der Waals surface area contributed by atoms with Gasteiger partial charge in [-0.05, 0) is 13.8 Å². The van der Waals surface area contributed by atoms with Crippen LogP contribution in [0.3, 0.4) is 0 Å². The third kappa shape index (κ3) is 7.01. The molecule has 2 atom stereocenters. The van der Waals surface area contributed by atoms with Crippen molar-refractivity contribution in [3.63, 3.8) is 0 Å². The zero-order chi connectivity index (χ0) is 29.1. The number of nitrogens with zero attached hydrogens (tertiary/aromatic N) is 6. The van der Waals surface area contributed by atoms with Gasteiger partial charge in [0.2, 0.25) is 5.60 Å². The summed E-state index contributed by atoms with van der Waals surface area (Å²) in [6, 6.07) is -2.83. The van der Waals surface area contributed by atoms with E-state index in [1.165, 1.54) is 25.4 Å². The number of aliphatic carboxylic acids is 1. The molecule has 3 rings (SSSR count). The molecule has 0 spiro atoms. The SMILES string of the molecule is CC(C)(O/N=C(\C(=O)N[C@@H]1C(=O)N(S(=O)(=O)O)[C@@H]1Cn1ncc(CNCC(=N)N)n1)c1csc(N)n1)C(=O)O. The Balaban J connectivity index is 1.83. The maximum atomic E-state index is 13.1. The van der Waals surface area contributed by atoms with Gasteiger partial charge in [-0.2, -0.15) is 23.4 Å². The first-order valence-corrected chi connectivity index (χ1v) is 13.1. The Kier molecular flexibility index (Phi) is 8.48. The number of nitrogen functional groups attached to an aromatic ring is 1. The number of nitrogens with one attached hydrogen (secondary N) is 3. The number of thiazole rings is 1. The lowest BCUT2D eigenvalue weighted by atomic mass is 9.98. The number of aromatic nitrogens is 4. The number of carbonyl (C=O) groups is 3. The highest BCUT2D eigenvalue weighted by Crippen LogP contribution is 2.25. The van der Waals surface area contributed by atoms with Crippen LogP contribution in [0.5, 0.6) is 0 Å². The fraction of sp³-hybridized carbons (Fsp3) is 0.444. The molecule has 0 aliphatic carbocycles. The first kappa shape index (κ1) is 29.3. The predicted molar refractivity (Wildman–Crippen MR) is 134 cm³/mol. The normalized spacial score (nSPS) is 18.0. The van der Waals surface area contributed by atoms with Crippen molar-refractivity contribution in [2.24, 2.45) is 10.9 Å². The molecule has 21 heteroatoms. The predicted octanol–water partition coefficient (Wildman–Crippen LogP) is -2.88. The van der Waals surface area contributed by atoms with Crippen LogP contribution < -0.4 is 22.1 Å². The van der Waals surface area contributed by atoms with Gasteiger partial charge < -0.3 is 32.0 Å². The lowest BCUT2D eigenvalue weighted by Gasteiger charge is -2.43. The molecule has 0 unspecified atom stereocenters. The highest BCUT2D eigenvalue weighted by atomic mass is 32.2. The Morgan fingerprint density at radius 1 is 1.38 bits per heavy atom. The van der Waals surface area contributed by atoms with Crippen LogP contribution in [0.1, 0.15) is 25.2 Å². The van der Waals surface area contributed by atoms with E-state index in [9.17, 15) is 32.5 Å². The second-order valence-corrected chi connectivity index (χ2v) is 10.7. The summed E-state index contributed by atoms with van der Waals surface area (Å²) in [5, 5.41) is 34.7. The van der Waals surface area contributed by atoms with Crippen LogP contribution in [0.4, 0.5) is 5.13 Å². The van der Waals surface area contributed by atoms with Crippen LogP contribution in [0.15, 0.2) is 16.7 Å². The summed E-state index contributed by atoms with van der Waals surface area (Å²) in [7, 11) is -5.01. The van der Waals surface area contributed by atoms with Gasteiger partial charge in [-0.15, -0.1) is 11.3 Å². The number of anilines is 1. The summed E-state index contributed by atoms with van der Waals surface area (Å²) in [6.45, 7) is 2.27. The molecule has 2 aromatic rings. The number of hydrogen-bond acceptors (Lipinski definition) is 14. The summed E-state index contributed by atoms with van der Waals surface area (Å²) < 4.78 is 33.4. The quantitative estimate of drug-likeness (QED) is 0.0407. The lowest BCUT2D eigenvalue weighted by molar-refractivity contribution is -0.161. The van der Waals surface area contributed by atoms with Gasteiger partial charge in [0.15, 0.2) is 10.8 Å². The zero-order valence-corrected chi connectivity index (χ0v) is 22.1. The molecule has 39 heavy (non-hydrogen) atoms. The minimum absolute atomic E-state index is 0.0523. The Morgan fingerprint density at radius 2 is 2.08 bits per heavy atom. The van der Waals surface area contributed by atoms with Gasteiger partial charge in [0.05, 0.1) is 25.0 Å². The monoisotopic (exact) mass is 587 g/mol. The molecule has 212 valence electrons. The van der Waals surface area contributed by atoms with E-state index in [0.717, 1.165) is 16.1 Å². The maximum absolute atomic E-state index is 13.1. The molecule has 0 aromatic carbocycles. The number of amides is 2. The van der Waals surface area contributed by atoms with Gasteiger partial charge in [0.1, 0.15) is 23.6 Å². The highest BCUT2D eigenvalue weighted by Gasteiger charge is 2.54. The first-order valence-electron chi connectivity index (χ1n) is 10.8. The van der Waals surface area contributed by atoms with E-state index in [2.05, 4.69) is 31.0 Å². The standard InChI is InChI=1S/C18H25N11O8S2/c1-18(2,16(32)33)37-27-12(9-7-38-17(21)24-9)14(30)25-13-10(29(15(13)31)39(34,35)36)6-28-23-4-8(26-28)3-22-5-11(19)20/h4,7,10,13,22H,3,5-6H2,1-2H3,(H3,19,20)(H2,21,24)(H,25,30)(H,32,33)(H,34,35,36)/b27-12-/t10-,13+/m1/s1. The molecule has 1 aliphatic rings. The third-order valence-corrected chi connectivity index (χ3v) is 6.74. The molecule has 0 radical (unpaired) electrons. The van der Waals surface area contributed by atoms with E-state index in [4.69, 9.17) is 21.7 Å². The van der Waals surface area contributed by atoms with Crippen LogP contribution >= 0.6 is 11.3 Å². The first-order chi connectivity index (χ1) is 18.1. The van der Waals surface area contributed by atoms with Crippen molar-refractivity contribution < 1.29 is 37.3 Å². The molecule has 1 saturated heterocycles. The van der Waals surface area contributed by atoms with Crippen molar-refractivity contribution in [3.05, 3.63) is 23.0 Å². The zero-order valence-electron chi connectivity index (χ0n) is 20.4. The van der Waals surface area contributed by atoms with Gasteiger partial charge in [-0.1, -0.05) is 5.16 Å². The molecule has 0 saturated carbocycles. The van der Waals surface area contributed by atoms with Crippen LogP contribution in [-0.4, -0.2) is 95.9 Å². The second kappa shape index (κ2) is 11.3. The number of rotatable bonds is 13. The fourth-order valence-electron chi connectivity index (χ4n) is 3.14. The average Bonchev–Trinajstić information content (AvgIpc) is 3.44. The molecule has 3 heterocycles. The molecule has 2 amide bonds. The number of nitrogens with two attached hydrogens (primary N) is 2. The van der Waals surface area contributed by atoms with Crippen LogP contribution in [-0.2, 0) is 42.6 Å². The molecule has 1 aliphatic heterocycles. The van der Waals surface area contributed by atoms with Crippen molar-refractivity contribution >= 4 is 56.1 Å². The fourth-order valence-corrected chi connectivity index (χ4v) is 4.56. The van der Waals surface area contributed by atoms with E-state index < -0.39 is 51.5 Å². The van der Waals surface area contributed by atoms with E-state index in [1.807, 2.05) is 0 Å². The van der Waals surface area contributed by atoms with Gasteiger partial charge in [-0.25, -0.2) is 14.1 Å². The Labute approximate surface area is 224 Å². The van der Waals surface area contributed by atoms with Crippen LogP contribution in [0.25, 0.3) is 0 Å². The van der Waals surface area contributed by atoms with Crippen molar-refractivity contribution in [1.82, 2.24) is 34.9 Å².